The molecule has 1 atom stereocenters. The second-order valence-electron chi connectivity index (χ2n) is 7.77. The lowest BCUT2D eigenvalue weighted by Crippen LogP contribution is -2.48. The maximum absolute atomic E-state index is 12.5. The molecule has 1 aromatic rings. The average molecular weight is 514 g/mol. The van der Waals surface area contributed by atoms with Crippen LogP contribution in [0.3, 0.4) is 0 Å². The summed E-state index contributed by atoms with van der Waals surface area (Å²) in [5.41, 5.74) is 0. The molecule has 1 aromatic carbocycles. The topological polar surface area (TPSA) is 57.2 Å². The van der Waals surface area contributed by atoms with Gasteiger partial charge in [0.05, 0.1) is 0 Å². The average Bonchev–Trinajstić information content (AvgIpc) is 2.73. The highest BCUT2D eigenvalue weighted by Crippen LogP contribution is 2.19. The number of benzene rings is 1. The van der Waals surface area contributed by atoms with Crippen LogP contribution in [0.15, 0.2) is 35.3 Å². The van der Waals surface area contributed by atoms with Crippen LogP contribution in [-0.2, 0) is 4.79 Å². The van der Waals surface area contributed by atoms with E-state index < -0.39 is 0 Å². The van der Waals surface area contributed by atoms with Crippen molar-refractivity contribution in [2.45, 2.75) is 57.6 Å². The van der Waals surface area contributed by atoms with Crippen molar-refractivity contribution in [3.05, 3.63) is 30.3 Å². The van der Waals surface area contributed by atoms with Gasteiger partial charge < -0.3 is 19.9 Å². The lowest BCUT2D eigenvalue weighted by molar-refractivity contribution is -0.134. The zero-order chi connectivity index (χ0) is 19.8. The van der Waals surface area contributed by atoms with Crippen LogP contribution >= 0.6 is 24.0 Å². The van der Waals surface area contributed by atoms with Gasteiger partial charge in [0.2, 0.25) is 5.91 Å². The number of carbonyl (C=O) groups excluding carboxylic acids is 1. The molecule has 0 spiro atoms. The Kier molecular flexibility index (Phi) is 10.0. The fourth-order valence-corrected chi connectivity index (χ4v) is 4.10. The number of aliphatic imine (C=N–C) groups is 1. The molecule has 0 aliphatic carbocycles. The van der Waals surface area contributed by atoms with Gasteiger partial charge in [-0.3, -0.25) is 9.79 Å². The van der Waals surface area contributed by atoms with Gasteiger partial charge in [-0.1, -0.05) is 18.2 Å². The molecular weight excluding hydrogens is 479 g/mol. The van der Waals surface area contributed by atoms with E-state index in [-0.39, 0.29) is 36.0 Å². The van der Waals surface area contributed by atoms with Crippen molar-refractivity contribution in [2.24, 2.45) is 4.99 Å². The van der Waals surface area contributed by atoms with Gasteiger partial charge in [0.25, 0.3) is 0 Å². The number of likely N-dealkylation sites (tertiary alicyclic amines) is 2. The fraction of sp³-hybridized carbons (Fsp3) is 0.636. The van der Waals surface area contributed by atoms with E-state index in [4.69, 9.17) is 4.74 Å². The number of para-hydroxylation sites is 1. The van der Waals surface area contributed by atoms with Crippen molar-refractivity contribution in [2.75, 3.05) is 33.2 Å². The second kappa shape index (κ2) is 12.2. The molecule has 162 valence electrons. The number of hydrogen-bond acceptors (Lipinski definition) is 3. The number of halogens is 1. The Morgan fingerprint density at radius 1 is 1.14 bits per heavy atom. The van der Waals surface area contributed by atoms with Gasteiger partial charge >= 0.3 is 0 Å². The Hall–Kier alpha value is -1.51. The quantitative estimate of drug-likeness (QED) is 0.371. The molecule has 0 radical (unpaired) electrons. The third kappa shape index (κ3) is 7.04. The number of carbonyl (C=O) groups is 1. The first-order chi connectivity index (χ1) is 13.7. The molecule has 1 amide bonds. The van der Waals surface area contributed by atoms with Crippen LogP contribution in [0.5, 0.6) is 5.75 Å². The summed E-state index contributed by atoms with van der Waals surface area (Å²) in [4.78, 5) is 21.2. The third-order valence-electron chi connectivity index (χ3n) is 5.74. The maximum Gasteiger partial charge on any atom is 0.224 e. The lowest BCUT2D eigenvalue weighted by Gasteiger charge is -2.35. The SMILES string of the molecule is CN=C(NCCC(=O)N1CCCCC1C)N1CCC(Oc2ccccc2)CC1.I. The molecule has 6 nitrogen and oxygen atoms in total. The molecule has 2 aliphatic heterocycles. The molecule has 2 fully saturated rings. The maximum atomic E-state index is 12.5. The summed E-state index contributed by atoms with van der Waals surface area (Å²) in [6.45, 7) is 5.52. The Morgan fingerprint density at radius 3 is 2.52 bits per heavy atom. The highest BCUT2D eigenvalue weighted by Gasteiger charge is 2.24. The van der Waals surface area contributed by atoms with Gasteiger partial charge in [0, 0.05) is 58.5 Å². The van der Waals surface area contributed by atoms with Crippen molar-refractivity contribution < 1.29 is 9.53 Å². The van der Waals surface area contributed by atoms with Crippen molar-refractivity contribution >= 4 is 35.8 Å². The van der Waals surface area contributed by atoms with Gasteiger partial charge in [0.15, 0.2) is 5.96 Å². The third-order valence-corrected chi connectivity index (χ3v) is 5.74. The van der Waals surface area contributed by atoms with E-state index >= 15 is 0 Å². The molecule has 29 heavy (non-hydrogen) atoms. The summed E-state index contributed by atoms with van der Waals surface area (Å²) < 4.78 is 6.07. The molecule has 1 unspecified atom stereocenters. The van der Waals surface area contributed by atoms with E-state index in [0.29, 0.717) is 19.0 Å². The van der Waals surface area contributed by atoms with E-state index in [0.717, 1.165) is 57.0 Å². The Balaban J connectivity index is 0.00000300. The number of ether oxygens (including phenoxy) is 1. The first-order valence-corrected chi connectivity index (χ1v) is 10.6. The van der Waals surface area contributed by atoms with E-state index in [1.807, 2.05) is 42.3 Å². The van der Waals surface area contributed by atoms with Crippen LogP contribution in [0, 0.1) is 0 Å². The van der Waals surface area contributed by atoms with Crippen LogP contribution in [0.25, 0.3) is 0 Å². The molecule has 3 rings (SSSR count). The number of piperidine rings is 2. The number of rotatable bonds is 5. The molecule has 2 saturated heterocycles. The number of amides is 1. The van der Waals surface area contributed by atoms with Crippen LogP contribution in [0.1, 0.15) is 45.4 Å². The number of hydrogen-bond donors (Lipinski definition) is 1. The van der Waals surface area contributed by atoms with Gasteiger partial charge in [-0.2, -0.15) is 0 Å². The zero-order valence-electron chi connectivity index (χ0n) is 17.7. The van der Waals surface area contributed by atoms with E-state index in [1.165, 1.54) is 6.42 Å². The van der Waals surface area contributed by atoms with Gasteiger partial charge in [-0.05, 0) is 38.3 Å². The van der Waals surface area contributed by atoms with Crippen LogP contribution in [-0.4, -0.2) is 67.0 Å². The first-order valence-electron chi connectivity index (χ1n) is 10.6. The van der Waals surface area contributed by atoms with Crippen LogP contribution in [0.4, 0.5) is 0 Å². The molecule has 0 saturated carbocycles. The highest BCUT2D eigenvalue weighted by atomic mass is 127. The van der Waals surface area contributed by atoms with E-state index in [2.05, 4.69) is 22.1 Å². The standard InChI is InChI=1S/C22H34N4O2.HI/c1-18-8-6-7-15-26(18)21(27)11-14-24-22(23-2)25-16-12-20(13-17-25)28-19-9-4-3-5-10-19;/h3-5,9-10,18,20H,6-8,11-17H2,1-2H3,(H,23,24);1H. The lowest BCUT2D eigenvalue weighted by atomic mass is 10.0. The summed E-state index contributed by atoms with van der Waals surface area (Å²) in [5, 5.41) is 3.38. The molecule has 1 N–H and O–H groups in total. The molecule has 2 heterocycles. The largest absolute Gasteiger partial charge is 0.490 e. The van der Waals surface area contributed by atoms with E-state index in [9.17, 15) is 4.79 Å². The molecule has 0 bridgehead atoms. The Morgan fingerprint density at radius 2 is 1.86 bits per heavy atom. The fourth-order valence-electron chi connectivity index (χ4n) is 4.10. The normalized spacial score (nSPS) is 20.8. The summed E-state index contributed by atoms with van der Waals surface area (Å²) in [6, 6.07) is 10.4. The van der Waals surface area contributed by atoms with Gasteiger partial charge in [-0.25, -0.2) is 0 Å². The molecular formula is C22H35IN4O2. The molecule has 7 heteroatoms. The minimum Gasteiger partial charge on any atom is -0.490 e. The van der Waals surface area contributed by atoms with Crippen molar-refractivity contribution in [3.63, 3.8) is 0 Å². The monoisotopic (exact) mass is 514 g/mol. The zero-order valence-corrected chi connectivity index (χ0v) is 20.0. The Bertz CT molecular complexity index is 647. The number of nitrogens with one attached hydrogen (secondary N) is 1. The predicted octanol–water partition coefficient (Wildman–Crippen LogP) is 3.51. The molecule has 0 aromatic heterocycles. The Labute approximate surface area is 192 Å². The van der Waals surface area contributed by atoms with Crippen LogP contribution < -0.4 is 10.1 Å². The summed E-state index contributed by atoms with van der Waals surface area (Å²) in [7, 11) is 1.81. The summed E-state index contributed by atoms with van der Waals surface area (Å²) in [5.74, 6) is 2.08. The van der Waals surface area contributed by atoms with Gasteiger partial charge in [-0.15, -0.1) is 24.0 Å². The highest BCUT2D eigenvalue weighted by molar-refractivity contribution is 14.0. The minimum absolute atomic E-state index is 0. The minimum atomic E-state index is 0. The smallest absolute Gasteiger partial charge is 0.224 e. The number of guanidine groups is 1. The number of nitrogens with zero attached hydrogens (tertiary/aromatic N) is 3. The van der Waals surface area contributed by atoms with E-state index in [1.54, 1.807) is 0 Å². The predicted molar refractivity (Wildman–Crippen MR) is 128 cm³/mol. The summed E-state index contributed by atoms with van der Waals surface area (Å²) in [6.07, 6.45) is 6.21. The van der Waals surface area contributed by atoms with Crippen LogP contribution in [0.2, 0.25) is 0 Å². The summed E-state index contributed by atoms with van der Waals surface area (Å²) >= 11 is 0. The van der Waals surface area contributed by atoms with Gasteiger partial charge in [0.1, 0.15) is 11.9 Å². The van der Waals surface area contributed by atoms with Crippen molar-refractivity contribution in [1.29, 1.82) is 0 Å². The first kappa shape index (κ1) is 23.8. The van der Waals surface area contributed by atoms with Crippen molar-refractivity contribution in [1.82, 2.24) is 15.1 Å². The van der Waals surface area contributed by atoms with Crippen molar-refractivity contribution in [3.8, 4) is 5.75 Å². The second-order valence-corrected chi connectivity index (χ2v) is 7.77. The molecule has 2 aliphatic rings.